The van der Waals surface area contributed by atoms with Crippen molar-refractivity contribution < 1.29 is 14.6 Å². The molecule has 0 bridgehead atoms. The molecule has 1 saturated heterocycles. The van der Waals surface area contributed by atoms with Crippen molar-refractivity contribution in [2.45, 2.75) is 44.4 Å². The fraction of sp³-hybridized carbons (Fsp3) is 0.778. The topological polar surface area (TPSA) is 38.7 Å². The molecule has 0 spiro atoms. The first-order chi connectivity index (χ1) is 5.98. The Morgan fingerprint density at radius 2 is 2.23 bits per heavy atom. The molecular formula is C9H13BrO3. The van der Waals surface area contributed by atoms with Gasteiger partial charge in [0.05, 0.1) is 12.2 Å². The summed E-state index contributed by atoms with van der Waals surface area (Å²) in [4.78, 5) is 0. The fourth-order valence-electron chi connectivity index (χ4n) is 1.79. The van der Waals surface area contributed by atoms with Gasteiger partial charge in [0.2, 0.25) is 0 Å². The highest BCUT2D eigenvalue weighted by molar-refractivity contribution is 9.11. The van der Waals surface area contributed by atoms with Crippen LogP contribution in [0.15, 0.2) is 10.6 Å². The molecule has 0 radical (unpaired) electrons. The molecule has 13 heavy (non-hydrogen) atoms. The minimum Gasteiger partial charge on any atom is -0.388 e. The largest absolute Gasteiger partial charge is 0.388 e. The zero-order valence-electron chi connectivity index (χ0n) is 7.66. The van der Waals surface area contributed by atoms with Crippen molar-refractivity contribution >= 4 is 15.9 Å². The quantitative estimate of drug-likeness (QED) is 0.707. The first-order valence-corrected chi connectivity index (χ1v) is 5.18. The van der Waals surface area contributed by atoms with Gasteiger partial charge >= 0.3 is 0 Å². The van der Waals surface area contributed by atoms with E-state index in [0.717, 1.165) is 4.48 Å². The Bertz CT molecular complexity index is 249. The molecule has 3 nitrogen and oxygen atoms in total. The highest BCUT2D eigenvalue weighted by Gasteiger charge is 2.43. The van der Waals surface area contributed by atoms with E-state index in [-0.39, 0.29) is 12.2 Å². The molecule has 1 fully saturated rings. The average Bonchev–Trinajstić information content (AvgIpc) is 2.24. The lowest BCUT2D eigenvalue weighted by atomic mass is 10.00. The van der Waals surface area contributed by atoms with E-state index < -0.39 is 11.9 Å². The summed E-state index contributed by atoms with van der Waals surface area (Å²) >= 11 is 3.30. The van der Waals surface area contributed by atoms with Crippen molar-refractivity contribution in [1.29, 1.82) is 0 Å². The first kappa shape index (κ1) is 9.65. The Kier molecular flexibility index (Phi) is 2.27. The third kappa shape index (κ3) is 1.81. The van der Waals surface area contributed by atoms with Crippen molar-refractivity contribution in [3.8, 4) is 0 Å². The monoisotopic (exact) mass is 248 g/mol. The van der Waals surface area contributed by atoms with Gasteiger partial charge in [0, 0.05) is 10.9 Å². The highest BCUT2D eigenvalue weighted by Crippen LogP contribution is 2.37. The highest BCUT2D eigenvalue weighted by atomic mass is 79.9. The molecule has 0 aromatic rings. The maximum atomic E-state index is 9.54. The van der Waals surface area contributed by atoms with E-state index in [1.807, 2.05) is 19.9 Å². The molecule has 0 amide bonds. The van der Waals surface area contributed by atoms with Gasteiger partial charge in [-0.1, -0.05) is 15.9 Å². The number of hydrogen-bond acceptors (Lipinski definition) is 3. The van der Waals surface area contributed by atoms with Crippen molar-refractivity contribution in [2.24, 2.45) is 0 Å². The fourth-order valence-corrected chi connectivity index (χ4v) is 2.23. The van der Waals surface area contributed by atoms with E-state index in [9.17, 15) is 5.11 Å². The smallest absolute Gasteiger partial charge is 0.164 e. The van der Waals surface area contributed by atoms with Gasteiger partial charge in [0.25, 0.3) is 0 Å². The number of hydrogen-bond donors (Lipinski definition) is 1. The molecule has 1 heterocycles. The number of ether oxygens (including phenoxy) is 2. The van der Waals surface area contributed by atoms with Gasteiger partial charge in [-0.3, -0.25) is 0 Å². The SMILES string of the molecule is CC1(C)OC2C=C(Br)C(O)CC2O1. The minimum absolute atomic E-state index is 0.00806. The van der Waals surface area contributed by atoms with Crippen molar-refractivity contribution in [2.75, 3.05) is 0 Å². The second-order valence-electron chi connectivity index (χ2n) is 3.94. The van der Waals surface area contributed by atoms with Gasteiger partial charge in [-0.15, -0.1) is 0 Å². The van der Waals surface area contributed by atoms with E-state index in [2.05, 4.69) is 15.9 Å². The molecule has 2 rings (SSSR count). The van der Waals surface area contributed by atoms with Crippen LogP contribution in [-0.2, 0) is 9.47 Å². The van der Waals surface area contributed by atoms with Crippen LogP contribution >= 0.6 is 15.9 Å². The summed E-state index contributed by atoms with van der Waals surface area (Å²) < 4.78 is 12.1. The Hall–Kier alpha value is 0.1000. The van der Waals surface area contributed by atoms with Crippen molar-refractivity contribution in [3.63, 3.8) is 0 Å². The second kappa shape index (κ2) is 3.05. The van der Waals surface area contributed by atoms with Gasteiger partial charge in [-0.2, -0.15) is 0 Å². The summed E-state index contributed by atoms with van der Waals surface area (Å²) in [5.41, 5.74) is 0. The van der Waals surface area contributed by atoms with Crippen LogP contribution in [0.5, 0.6) is 0 Å². The van der Waals surface area contributed by atoms with Gasteiger partial charge in [-0.05, 0) is 19.9 Å². The van der Waals surface area contributed by atoms with Gasteiger partial charge < -0.3 is 14.6 Å². The molecule has 2 aliphatic rings. The zero-order valence-corrected chi connectivity index (χ0v) is 9.24. The molecule has 74 valence electrons. The van der Waals surface area contributed by atoms with Crippen LogP contribution in [0.4, 0.5) is 0 Å². The number of aliphatic hydroxyl groups is 1. The van der Waals surface area contributed by atoms with Crippen molar-refractivity contribution in [1.82, 2.24) is 0 Å². The molecule has 1 aliphatic carbocycles. The Labute approximate surface area is 85.8 Å². The third-order valence-corrected chi connectivity index (χ3v) is 3.11. The van der Waals surface area contributed by atoms with Crippen LogP contribution in [0.3, 0.4) is 0 Å². The number of rotatable bonds is 0. The summed E-state index contributed by atoms with van der Waals surface area (Å²) in [6.45, 7) is 3.78. The van der Waals surface area contributed by atoms with Crippen molar-refractivity contribution in [3.05, 3.63) is 10.6 Å². The second-order valence-corrected chi connectivity index (χ2v) is 4.86. The summed E-state index contributed by atoms with van der Waals surface area (Å²) in [6, 6.07) is 0. The van der Waals surface area contributed by atoms with Crippen LogP contribution < -0.4 is 0 Å². The molecule has 0 aromatic heterocycles. The number of aliphatic hydroxyl groups excluding tert-OH is 1. The average molecular weight is 249 g/mol. The lowest BCUT2D eigenvalue weighted by Crippen LogP contribution is -2.31. The lowest BCUT2D eigenvalue weighted by molar-refractivity contribution is -0.144. The molecule has 0 aromatic carbocycles. The summed E-state index contributed by atoms with van der Waals surface area (Å²) in [6.07, 6.45) is 2.01. The molecule has 1 N–H and O–H groups in total. The number of halogens is 1. The maximum absolute atomic E-state index is 9.54. The van der Waals surface area contributed by atoms with Crippen LogP contribution in [0, 0.1) is 0 Å². The van der Waals surface area contributed by atoms with E-state index in [1.54, 1.807) is 0 Å². The van der Waals surface area contributed by atoms with E-state index in [4.69, 9.17) is 9.47 Å². The molecule has 3 unspecified atom stereocenters. The Morgan fingerprint density at radius 1 is 1.54 bits per heavy atom. The summed E-state index contributed by atoms with van der Waals surface area (Å²) in [5.74, 6) is -0.525. The summed E-state index contributed by atoms with van der Waals surface area (Å²) in [7, 11) is 0. The van der Waals surface area contributed by atoms with Gasteiger partial charge in [0.1, 0.15) is 6.10 Å². The van der Waals surface area contributed by atoms with E-state index >= 15 is 0 Å². The minimum atomic E-state index is -0.525. The zero-order chi connectivity index (χ0) is 9.64. The maximum Gasteiger partial charge on any atom is 0.164 e. The Balaban J connectivity index is 2.17. The van der Waals surface area contributed by atoms with Crippen LogP contribution in [0.2, 0.25) is 0 Å². The standard InChI is InChI=1S/C9H13BrO3/c1-9(2)12-7-3-5(10)6(11)4-8(7)13-9/h3,6-8,11H,4H2,1-2H3. The van der Waals surface area contributed by atoms with Crippen LogP contribution in [-0.4, -0.2) is 29.2 Å². The van der Waals surface area contributed by atoms with E-state index in [1.165, 1.54) is 0 Å². The Morgan fingerprint density at radius 3 is 2.92 bits per heavy atom. The molecule has 4 heteroatoms. The lowest BCUT2D eigenvalue weighted by Gasteiger charge is -2.23. The van der Waals surface area contributed by atoms with Gasteiger partial charge in [-0.25, -0.2) is 0 Å². The third-order valence-electron chi connectivity index (χ3n) is 2.32. The number of fused-ring (bicyclic) bond motifs is 1. The van der Waals surface area contributed by atoms with E-state index in [0.29, 0.717) is 6.42 Å². The predicted octanol–water partition coefficient (Wildman–Crippen LogP) is 1.55. The van der Waals surface area contributed by atoms with Crippen LogP contribution in [0.25, 0.3) is 0 Å². The summed E-state index contributed by atoms with van der Waals surface area (Å²) in [5, 5.41) is 9.54. The predicted molar refractivity (Wildman–Crippen MR) is 51.5 cm³/mol. The van der Waals surface area contributed by atoms with Gasteiger partial charge in [0.15, 0.2) is 5.79 Å². The molecule has 1 aliphatic heterocycles. The van der Waals surface area contributed by atoms with Crippen LogP contribution in [0.1, 0.15) is 20.3 Å². The molecular weight excluding hydrogens is 236 g/mol. The molecule has 0 saturated carbocycles. The normalized spacial score (nSPS) is 42.8. The first-order valence-electron chi connectivity index (χ1n) is 4.39. The molecule has 3 atom stereocenters.